The van der Waals surface area contributed by atoms with Crippen molar-refractivity contribution < 1.29 is 9.32 Å². The van der Waals surface area contributed by atoms with Crippen LogP contribution in [0.25, 0.3) is 0 Å². The van der Waals surface area contributed by atoms with E-state index in [9.17, 15) is 4.79 Å². The number of carbonyl (C=O) groups is 1. The Morgan fingerprint density at radius 3 is 2.54 bits per heavy atom. The SMILES string of the molecule is Cc1ccc(C(=O)N2CCN(Cc3nc(C4CC4)no3)CC2)cc1. The zero-order chi connectivity index (χ0) is 16.5. The Morgan fingerprint density at radius 1 is 1.17 bits per heavy atom. The number of nitrogens with zero attached hydrogens (tertiary/aromatic N) is 4. The zero-order valence-electron chi connectivity index (χ0n) is 13.9. The molecule has 1 saturated carbocycles. The van der Waals surface area contributed by atoms with E-state index >= 15 is 0 Å². The summed E-state index contributed by atoms with van der Waals surface area (Å²) < 4.78 is 5.34. The van der Waals surface area contributed by atoms with Gasteiger partial charge >= 0.3 is 0 Å². The van der Waals surface area contributed by atoms with Crippen molar-refractivity contribution in [1.29, 1.82) is 0 Å². The molecule has 0 spiro atoms. The molecule has 2 aliphatic rings. The lowest BCUT2D eigenvalue weighted by atomic mass is 10.1. The first-order valence-electron chi connectivity index (χ1n) is 8.60. The van der Waals surface area contributed by atoms with Crippen molar-refractivity contribution in [2.45, 2.75) is 32.2 Å². The third-order valence-corrected chi connectivity index (χ3v) is 4.74. The summed E-state index contributed by atoms with van der Waals surface area (Å²) in [4.78, 5) is 21.2. The predicted octanol–water partition coefficient (Wildman–Crippen LogP) is 2.21. The Morgan fingerprint density at radius 2 is 1.88 bits per heavy atom. The van der Waals surface area contributed by atoms with E-state index in [1.807, 2.05) is 36.1 Å². The molecule has 1 amide bonds. The zero-order valence-corrected chi connectivity index (χ0v) is 13.9. The Labute approximate surface area is 141 Å². The number of hydrogen-bond acceptors (Lipinski definition) is 5. The molecule has 6 heteroatoms. The van der Waals surface area contributed by atoms with Crippen molar-refractivity contribution in [1.82, 2.24) is 19.9 Å². The van der Waals surface area contributed by atoms with Crippen LogP contribution in [0.3, 0.4) is 0 Å². The summed E-state index contributed by atoms with van der Waals surface area (Å²) in [7, 11) is 0. The summed E-state index contributed by atoms with van der Waals surface area (Å²) >= 11 is 0. The van der Waals surface area contributed by atoms with E-state index < -0.39 is 0 Å². The molecular formula is C18H22N4O2. The predicted molar refractivity (Wildman–Crippen MR) is 88.6 cm³/mol. The molecule has 24 heavy (non-hydrogen) atoms. The minimum atomic E-state index is 0.114. The van der Waals surface area contributed by atoms with Gasteiger partial charge in [-0.2, -0.15) is 4.98 Å². The molecule has 0 radical (unpaired) electrons. The minimum Gasteiger partial charge on any atom is -0.338 e. The van der Waals surface area contributed by atoms with Crippen molar-refractivity contribution in [2.24, 2.45) is 0 Å². The fourth-order valence-electron chi connectivity index (χ4n) is 3.02. The van der Waals surface area contributed by atoms with Crippen LogP contribution in [0.2, 0.25) is 0 Å². The van der Waals surface area contributed by atoms with Gasteiger partial charge in [0, 0.05) is 37.7 Å². The molecule has 0 atom stereocenters. The van der Waals surface area contributed by atoms with E-state index in [1.54, 1.807) is 0 Å². The van der Waals surface area contributed by atoms with Crippen molar-refractivity contribution >= 4 is 5.91 Å². The van der Waals surface area contributed by atoms with E-state index in [0.717, 1.165) is 37.6 Å². The average molecular weight is 326 g/mol. The van der Waals surface area contributed by atoms with Crippen molar-refractivity contribution in [3.05, 3.63) is 47.1 Å². The molecule has 126 valence electrons. The maximum absolute atomic E-state index is 12.5. The lowest BCUT2D eigenvalue weighted by Gasteiger charge is -2.34. The number of rotatable bonds is 4. The highest BCUT2D eigenvalue weighted by Gasteiger charge is 2.29. The highest BCUT2D eigenvalue weighted by molar-refractivity contribution is 5.94. The summed E-state index contributed by atoms with van der Waals surface area (Å²) in [5.74, 6) is 2.18. The standard InChI is InChI=1S/C18H22N4O2/c1-13-2-4-15(5-3-13)18(23)22-10-8-21(9-11-22)12-16-19-17(20-24-16)14-6-7-14/h2-5,14H,6-12H2,1H3. The number of aryl methyl sites for hydroxylation is 1. The highest BCUT2D eigenvalue weighted by atomic mass is 16.5. The third-order valence-electron chi connectivity index (χ3n) is 4.74. The fourth-order valence-corrected chi connectivity index (χ4v) is 3.02. The van der Waals surface area contributed by atoms with Crippen LogP contribution >= 0.6 is 0 Å². The van der Waals surface area contributed by atoms with Crippen LogP contribution in [0.4, 0.5) is 0 Å². The number of carbonyl (C=O) groups excluding carboxylic acids is 1. The molecule has 6 nitrogen and oxygen atoms in total. The van der Waals surface area contributed by atoms with E-state index in [2.05, 4.69) is 15.0 Å². The third kappa shape index (κ3) is 3.33. The Balaban J connectivity index is 1.30. The molecule has 4 rings (SSSR count). The molecule has 1 aliphatic carbocycles. The van der Waals surface area contributed by atoms with Crippen LogP contribution in [-0.4, -0.2) is 52.0 Å². The normalized spacial score (nSPS) is 18.8. The van der Waals surface area contributed by atoms with Crippen molar-refractivity contribution in [3.8, 4) is 0 Å². The number of piperazine rings is 1. The molecule has 0 unspecified atom stereocenters. The average Bonchev–Trinajstić information content (AvgIpc) is 3.36. The molecule has 1 saturated heterocycles. The monoisotopic (exact) mass is 326 g/mol. The second kappa shape index (κ2) is 6.36. The van der Waals surface area contributed by atoms with Crippen LogP contribution in [0, 0.1) is 6.92 Å². The van der Waals surface area contributed by atoms with Gasteiger partial charge in [0.15, 0.2) is 5.82 Å². The molecule has 2 aromatic rings. The first-order chi connectivity index (χ1) is 11.7. The van der Waals surface area contributed by atoms with Crippen molar-refractivity contribution in [2.75, 3.05) is 26.2 Å². The quantitative estimate of drug-likeness (QED) is 0.862. The molecule has 0 N–H and O–H groups in total. The van der Waals surface area contributed by atoms with Crippen LogP contribution in [-0.2, 0) is 6.54 Å². The number of aromatic nitrogens is 2. The summed E-state index contributed by atoms with van der Waals surface area (Å²) in [5.41, 5.74) is 1.93. The number of hydrogen-bond donors (Lipinski definition) is 0. The second-order valence-electron chi connectivity index (χ2n) is 6.75. The maximum Gasteiger partial charge on any atom is 0.253 e. The fraction of sp³-hybridized carbons (Fsp3) is 0.500. The van der Waals surface area contributed by atoms with Gasteiger partial charge < -0.3 is 9.42 Å². The van der Waals surface area contributed by atoms with E-state index in [1.165, 1.54) is 18.4 Å². The van der Waals surface area contributed by atoms with Gasteiger partial charge in [0.05, 0.1) is 6.54 Å². The first kappa shape index (κ1) is 15.3. The van der Waals surface area contributed by atoms with Gasteiger partial charge in [0.1, 0.15) is 0 Å². The topological polar surface area (TPSA) is 62.5 Å². The van der Waals surface area contributed by atoms with Gasteiger partial charge in [0.2, 0.25) is 5.89 Å². The Hall–Kier alpha value is -2.21. The Bertz CT molecular complexity index is 713. The first-order valence-corrected chi connectivity index (χ1v) is 8.60. The van der Waals surface area contributed by atoms with Gasteiger partial charge in [-0.05, 0) is 31.9 Å². The number of benzene rings is 1. The molecule has 1 aromatic heterocycles. The van der Waals surface area contributed by atoms with Crippen LogP contribution < -0.4 is 0 Å². The van der Waals surface area contributed by atoms with Gasteiger partial charge in [-0.15, -0.1) is 0 Å². The molecule has 2 fully saturated rings. The van der Waals surface area contributed by atoms with E-state index in [-0.39, 0.29) is 5.91 Å². The summed E-state index contributed by atoms with van der Waals surface area (Å²) in [5, 5.41) is 4.06. The minimum absolute atomic E-state index is 0.114. The van der Waals surface area contributed by atoms with Gasteiger partial charge in [-0.25, -0.2) is 0 Å². The molecule has 1 aliphatic heterocycles. The number of amides is 1. The van der Waals surface area contributed by atoms with Crippen LogP contribution in [0.1, 0.15) is 46.4 Å². The summed E-state index contributed by atoms with van der Waals surface area (Å²) in [6.07, 6.45) is 2.36. The summed E-state index contributed by atoms with van der Waals surface area (Å²) in [6, 6.07) is 7.77. The van der Waals surface area contributed by atoms with Crippen LogP contribution in [0.15, 0.2) is 28.8 Å². The lowest BCUT2D eigenvalue weighted by Crippen LogP contribution is -2.48. The van der Waals surface area contributed by atoms with Gasteiger partial charge in [-0.1, -0.05) is 22.9 Å². The van der Waals surface area contributed by atoms with E-state index in [0.29, 0.717) is 18.4 Å². The van der Waals surface area contributed by atoms with Gasteiger partial charge in [-0.3, -0.25) is 9.69 Å². The molecular weight excluding hydrogens is 304 g/mol. The largest absolute Gasteiger partial charge is 0.338 e. The maximum atomic E-state index is 12.5. The smallest absolute Gasteiger partial charge is 0.253 e. The van der Waals surface area contributed by atoms with E-state index in [4.69, 9.17) is 4.52 Å². The summed E-state index contributed by atoms with van der Waals surface area (Å²) in [6.45, 7) is 5.83. The molecule has 0 bridgehead atoms. The lowest BCUT2D eigenvalue weighted by molar-refractivity contribution is 0.0615. The van der Waals surface area contributed by atoms with Gasteiger partial charge in [0.25, 0.3) is 5.91 Å². The molecule has 1 aromatic carbocycles. The Kier molecular flexibility index (Phi) is 4.06. The van der Waals surface area contributed by atoms with Crippen molar-refractivity contribution in [3.63, 3.8) is 0 Å². The van der Waals surface area contributed by atoms with Crippen LogP contribution in [0.5, 0.6) is 0 Å². The molecule has 2 heterocycles. The second-order valence-corrected chi connectivity index (χ2v) is 6.75. The highest BCUT2D eigenvalue weighted by Crippen LogP contribution is 2.38.